The Bertz CT molecular complexity index is 699. The van der Waals surface area contributed by atoms with Gasteiger partial charge in [-0.3, -0.25) is 4.57 Å². The molecule has 0 radical (unpaired) electrons. The molecule has 2 N–H and O–H groups in total. The lowest BCUT2D eigenvalue weighted by atomic mass is 9.90. The summed E-state index contributed by atoms with van der Waals surface area (Å²) in [5.41, 5.74) is 1.73. The predicted molar refractivity (Wildman–Crippen MR) is 76.6 cm³/mol. The van der Waals surface area contributed by atoms with Gasteiger partial charge in [-0.25, -0.2) is 0 Å². The van der Waals surface area contributed by atoms with Crippen molar-refractivity contribution in [2.45, 2.75) is 0 Å². The van der Waals surface area contributed by atoms with Gasteiger partial charge >= 0.3 is 7.12 Å². The summed E-state index contributed by atoms with van der Waals surface area (Å²) >= 11 is 0. The van der Waals surface area contributed by atoms with Crippen LogP contribution in [0, 0.1) is 0 Å². The maximum absolute atomic E-state index is 9.46. The highest BCUT2D eigenvalue weighted by Crippen LogP contribution is 2.19. The molecular weight excluding hydrogens is 253 g/mol. The van der Waals surface area contributed by atoms with Gasteiger partial charge in [0.05, 0.1) is 0 Å². The fourth-order valence-corrected chi connectivity index (χ4v) is 2.07. The van der Waals surface area contributed by atoms with Crippen LogP contribution in [0.25, 0.3) is 17.1 Å². The molecule has 0 amide bonds. The van der Waals surface area contributed by atoms with Crippen LogP contribution >= 0.6 is 0 Å². The zero-order valence-electron chi connectivity index (χ0n) is 10.6. The lowest BCUT2D eigenvalue weighted by Crippen LogP contribution is -2.38. The molecule has 1 aromatic heterocycles. The minimum Gasteiger partial charge on any atom is -0.421 e. The molecule has 6 heteroatoms. The van der Waals surface area contributed by atoms with E-state index in [-0.39, 0.29) is 5.72 Å². The number of hydrogen-bond acceptors (Lipinski definition) is 4. The number of aromatic nitrogens is 3. The zero-order chi connectivity index (χ0) is 13.9. The van der Waals surface area contributed by atoms with E-state index in [9.17, 15) is 10.0 Å². The van der Waals surface area contributed by atoms with E-state index in [1.165, 1.54) is 0 Å². The van der Waals surface area contributed by atoms with Crippen molar-refractivity contribution in [1.29, 1.82) is 0 Å². The Balaban J connectivity index is 2.22. The first kappa shape index (κ1) is 12.6. The Labute approximate surface area is 116 Å². The maximum Gasteiger partial charge on any atom is 0.528 e. The van der Waals surface area contributed by atoms with Gasteiger partial charge in [0.2, 0.25) is 0 Å². The second kappa shape index (κ2) is 5.28. The van der Waals surface area contributed by atoms with Crippen LogP contribution < -0.4 is 5.72 Å². The molecule has 0 saturated heterocycles. The van der Waals surface area contributed by atoms with E-state index in [1.807, 2.05) is 60.7 Å². The Morgan fingerprint density at radius 2 is 1.40 bits per heavy atom. The summed E-state index contributed by atoms with van der Waals surface area (Å²) in [7, 11) is -1.68. The molecule has 2 aromatic carbocycles. The molecule has 0 bridgehead atoms. The monoisotopic (exact) mass is 265 g/mol. The lowest BCUT2D eigenvalue weighted by molar-refractivity contribution is 0.421. The van der Waals surface area contributed by atoms with Gasteiger partial charge in [-0.1, -0.05) is 48.5 Å². The molecule has 0 aliphatic carbocycles. The van der Waals surface area contributed by atoms with Crippen molar-refractivity contribution in [3.05, 3.63) is 60.7 Å². The van der Waals surface area contributed by atoms with Crippen molar-refractivity contribution < 1.29 is 10.0 Å². The van der Waals surface area contributed by atoms with Crippen LogP contribution in [0.4, 0.5) is 0 Å². The first-order valence-corrected chi connectivity index (χ1v) is 6.19. The molecule has 5 nitrogen and oxygen atoms in total. The third kappa shape index (κ3) is 2.22. The molecule has 0 aliphatic rings. The smallest absolute Gasteiger partial charge is 0.421 e. The Morgan fingerprint density at radius 1 is 0.800 bits per heavy atom. The molecule has 1 heterocycles. The summed E-state index contributed by atoms with van der Waals surface area (Å²) in [6, 6.07) is 18.9. The van der Waals surface area contributed by atoms with Crippen LogP contribution in [-0.2, 0) is 0 Å². The van der Waals surface area contributed by atoms with Gasteiger partial charge in [-0.05, 0) is 12.1 Å². The minimum atomic E-state index is -1.68. The fourth-order valence-electron chi connectivity index (χ4n) is 2.07. The lowest BCUT2D eigenvalue weighted by Gasteiger charge is -2.10. The Kier molecular flexibility index (Phi) is 3.33. The molecule has 0 atom stereocenters. The molecule has 0 saturated carbocycles. The van der Waals surface area contributed by atoms with Crippen LogP contribution in [0.1, 0.15) is 0 Å². The third-order valence-corrected chi connectivity index (χ3v) is 2.97. The molecule has 0 fully saturated rings. The van der Waals surface area contributed by atoms with Crippen molar-refractivity contribution in [2.75, 3.05) is 0 Å². The van der Waals surface area contributed by atoms with Crippen LogP contribution in [0.5, 0.6) is 0 Å². The van der Waals surface area contributed by atoms with Gasteiger partial charge in [0.1, 0.15) is 0 Å². The predicted octanol–water partition coefficient (Wildman–Crippen LogP) is 0.614. The average molecular weight is 265 g/mol. The quantitative estimate of drug-likeness (QED) is 0.681. The third-order valence-electron chi connectivity index (χ3n) is 2.97. The van der Waals surface area contributed by atoms with E-state index < -0.39 is 7.12 Å². The summed E-state index contributed by atoms with van der Waals surface area (Å²) in [5.74, 6) is 0.569. The summed E-state index contributed by atoms with van der Waals surface area (Å²) in [6.07, 6.45) is 0. The van der Waals surface area contributed by atoms with Gasteiger partial charge < -0.3 is 10.0 Å². The van der Waals surface area contributed by atoms with Crippen molar-refractivity contribution in [1.82, 2.24) is 14.8 Å². The number of para-hydroxylation sites is 1. The standard InChI is InChI=1S/C14H12BN3O2/c19-15(20)14-17-16-13(11-7-3-1-4-8-11)18(14)12-9-5-2-6-10-12/h1-10,19-20H. The van der Waals surface area contributed by atoms with Crippen molar-refractivity contribution in [2.24, 2.45) is 0 Å². The van der Waals surface area contributed by atoms with Gasteiger partial charge in [-0.15, -0.1) is 10.2 Å². The maximum atomic E-state index is 9.46. The zero-order valence-corrected chi connectivity index (χ0v) is 10.6. The number of rotatable bonds is 3. The van der Waals surface area contributed by atoms with Crippen LogP contribution in [0.3, 0.4) is 0 Å². The highest BCUT2D eigenvalue weighted by Gasteiger charge is 2.24. The van der Waals surface area contributed by atoms with E-state index in [0.717, 1.165) is 11.3 Å². The SMILES string of the molecule is OB(O)c1nnc(-c2ccccc2)n1-c1ccccc1. The second-order valence-corrected chi connectivity index (χ2v) is 4.29. The summed E-state index contributed by atoms with van der Waals surface area (Å²) in [4.78, 5) is 0. The highest BCUT2D eigenvalue weighted by molar-refractivity contribution is 6.56. The summed E-state index contributed by atoms with van der Waals surface area (Å²) in [5, 5.41) is 26.9. The van der Waals surface area contributed by atoms with Crippen molar-refractivity contribution in [3.63, 3.8) is 0 Å². The van der Waals surface area contributed by atoms with Gasteiger partial charge in [0.25, 0.3) is 0 Å². The topological polar surface area (TPSA) is 71.2 Å². The van der Waals surface area contributed by atoms with E-state index in [1.54, 1.807) is 4.57 Å². The minimum absolute atomic E-state index is 0.0926. The first-order chi connectivity index (χ1) is 9.77. The molecule has 98 valence electrons. The van der Waals surface area contributed by atoms with Gasteiger partial charge in [0.15, 0.2) is 11.5 Å². The average Bonchev–Trinajstić information content (AvgIpc) is 2.94. The number of nitrogens with zero attached hydrogens (tertiary/aromatic N) is 3. The van der Waals surface area contributed by atoms with Crippen LogP contribution in [-0.4, -0.2) is 31.9 Å². The number of benzene rings is 2. The first-order valence-electron chi connectivity index (χ1n) is 6.19. The summed E-state index contributed by atoms with van der Waals surface area (Å²) < 4.78 is 1.64. The highest BCUT2D eigenvalue weighted by atomic mass is 16.4. The largest absolute Gasteiger partial charge is 0.528 e. The van der Waals surface area contributed by atoms with Crippen LogP contribution in [0.15, 0.2) is 60.7 Å². The Morgan fingerprint density at radius 3 is 2.00 bits per heavy atom. The molecule has 0 spiro atoms. The summed E-state index contributed by atoms with van der Waals surface area (Å²) in [6.45, 7) is 0. The molecular formula is C14H12BN3O2. The number of hydrogen-bond donors (Lipinski definition) is 2. The van der Waals surface area contributed by atoms with E-state index in [4.69, 9.17) is 0 Å². The van der Waals surface area contributed by atoms with E-state index >= 15 is 0 Å². The molecule has 3 aromatic rings. The second-order valence-electron chi connectivity index (χ2n) is 4.29. The van der Waals surface area contributed by atoms with Crippen molar-refractivity contribution >= 4 is 12.8 Å². The molecule has 0 aliphatic heterocycles. The molecule has 3 rings (SSSR count). The van der Waals surface area contributed by atoms with Crippen molar-refractivity contribution in [3.8, 4) is 17.1 Å². The molecule has 20 heavy (non-hydrogen) atoms. The van der Waals surface area contributed by atoms with E-state index in [0.29, 0.717) is 5.82 Å². The van der Waals surface area contributed by atoms with Gasteiger partial charge in [0, 0.05) is 11.3 Å². The normalized spacial score (nSPS) is 10.5. The Hall–Kier alpha value is -2.44. The fraction of sp³-hybridized carbons (Fsp3) is 0. The van der Waals surface area contributed by atoms with Gasteiger partial charge in [-0.2, -0.15) is 0 Å². The molecule has 0 unspecified atom stereocenters. The van der Waals surface area contributed by atoms with E-state index in [2.05, 4.69) is 10.2 Å². The van der Waals surface area contributed by atoms with Crippen LogP contribution in [0.2, 0.25) is 0 Å².